The Morgan fingerprint density at radius 2 is 0.983 bits per heavy atom. The molecule has 0 atom stereocenters. The van der Waals surface area contributed by atoms with E-state index in [4.69, 9.17) is 23.7 Å². The first-order chi connectivity index (χ1) is 28.5. The Labute approximate surface area is 348 Å². The molecule has 0 fully saturated rings. The van der Waals surface area contributed by atoms with Gasteiger partial charge in [-0.25, -0.2) is 0 Å². The van der Waals surface area contributed by atoms with Crippen LogP contribution in [0.3, 0.4) is 0 Å². The molecule has 0 spiro atoms. The highest BCUT2D eigenvalue weighted by molar-refractivity contribution is 6.09. The van der Waals surface area contributed by atoms with E-state index >= 15 is 0 Å². The Bertz CT molecular complexity index is 2430. The zero-order valence-corrected chi connectivity index (χ0v) is 35.1. The third kappa shape index (κ3) is 11.6. The Kier molecular flexibility index (Phi) is 15.4. The molecular weight excluding hydrogens is 737 g/mol. The molecule has 0 unspecified atom stereocenters. The number of ether oxygens (including phenoxy) is 5. The van der Waals surface area contributed by atoms with Crippen LogP contribution in [-0.4, -0.2) is 32.9 Å². The first-order valence-electron chi connectivity index (χ1n) is 19.4. The zero-order valence-electron chi connectivity index (χ0n) is 35.1. The number of carbonyl (C=O) groups is 2. The minimum atomic E-state index is -0.131. The molecule has 59 heavy (non-hydrogen) atoms. The van der Waals surface area contributed by atoms with Gasteiger partial charge in [0.25, 0.3) is 0 Å². The number of hydrogen-bond donors (Lipinski definition) is 0. The summed E-state index contributed by atoms with van der Waals surface area (Å²) in [6.45, 7) is 10.8. The van der Waals surface area contributed by atoms with Crippen molar-refractivity contribution in [1.29, 1.82) is 0 Å². The second-order valence-electron chi connectivity index (χ2n) is 14.1. The van der Waals surface area contributed by atoms with Gasteiger partial charge in [0.15, 0.2) is 11.6 Å². The van der Waals surface area contributed by atoms with Crippen LogP contribution in [0.2, 0.25) is 0 Å². The van der Waals surface area contributed by atoms with Crippen molar-refractivity contribution in [3.63, 3.8) is 0 Å². The van der Waals surface area contributed by atoms with Crippen LogP contribution in [0.25, 0.3) is 12.2 Å². The smallest absolute Gasteiger partial charge is 0.189 e. The number of hydrogen-bond acceptors (Lipinski definition) is 7. The second kappa shape index (κ2) is 21.1. The average molecular weight is 789 g/mol. The Morgan fingerprint density at radius 3 is 1.58 bits per heavy atom. The number of carbonyl (C=O) groups excluding carboxylic acids is 2. The first kappa shape index (κ1) is 43.3. The second-order valence-corrected chi connectivity index (χ2v) is 14.1. The lowest BCUT2D eigenvalue weighted by Crippen LogP contribution is -2.03. The molecule has 7 nitrogen and oxygen atoms in total. The number of rotatable bonds is 15. The highest BCUT2D eigenvalue weighted by Gasteiger charge is 2.15. The lowest BCUT2D eigenvalue weighted by molar-refractivity contribution is 0.103. The van der Waals surface area contributed by atoms with Crippen LogP contribution in [0.5, 0.6) is 28.7 Å². The summed E-state index contributed by atoms with van der Waals surface area (Å²) in [6, 6.07) is 39.0. The molecule has 7 heteroatoms. The third-order valence-corrected chi connectivity index (χ3v) is 9.83. The van der Waals surface area contributed by atoms with Gasteiger partial charge in [-0.2, -0.15) is 0 Å². The van der Waals surface area contributed by atoms with Gasteiger partial charge in [0.05, 0.1) is 32.5 Å². The largest absolute Gasteiger partial charge is 0.496 e. The molecule has 6 aromatic carbocycles. The van der Waals surface area contributed by atoms with E-state index in [1.54, 1.807) is 51.7 Å². The molecule has 0 N–H and O–H groups in total. The molecule has 6 rings (SSSR count). The van der Waals surface area contributed by atoms with E-state index in [2.05, 4.69) is 0 Å². The maximum atomic E-state index is 12.9. The van der Waals surface area contributed by atoms with E-state index in [1.165, 1.54) is 0 Å². The molecule has 6 aromatic rings. The van der Waals surface area contributed by atoms with Crippen molar-refractivity contribution in [1.82, 2.24) is 0 Å². The fourth-order valence-corrected chi connectivity index (χ4v) is 6.40. The van der Waals surface area contributed by atoms with Gasteiger partial charge in [-0.05, 0) is 129 Å². The molecule has 0 heterocycles. The van der Waals surface area contributed by atoms with E-state index in [0.717, 1.165) is 61.6 Å². The predicted octanol–water partition coefficient (Wildman–Crippen LogP) is 11.9. The monoisotopic (exact) mass is 788 g/mol. The molecule has 302 valence electrons. The maximum Gasteiger partial charge on any atom is 0.189 e. The standard InChI is InChI=1S/C26H26O4.C26H26O3/c1-18-10-13-22(25(16-18)30-17-20-8-6-5-7-9-20)23(27)14-11-21-12-15-24(28-3)19(2)26(21)29-4;1-18-10-12-22(25(16-18)29-17-21-8-6-5-7-9-21)13-15-24(27)23-14-11-19(2)20(3)26(23)28-4/h5-16H,17H2,1-4H3;5-16H,17H2,1-4H3/b14-11+;15-13+. The number of benzene rings is 6. The van der Waals surface area contributed by atoms with Crippen molar-refractivity contribution in [2.24, 2.45) is 0 Å². The van der Waals surface area contributed by atoms with Gasteiger partial charge in [-0.15, -0.1) is 0 Å². The van der Waals surface area contributed by atoms with Crippen molar-refractivity contribution in [3.05, 3.63) is 195 Å². The summed E-state index contributed by atoms with van der Waals surface area (Å²) in [7, 11) is 4.82. The Hall–Kier alpha value is -6.86. The van der Waals surface area contributed by atoms with Crippen molar-refractivity contribution < 1.29 is 33.3 Å². The highest BCUT2D eigenvalue weighted by Crippen LogP contribution is 2.33. The van der Waals surface area contributed by atoms with Crippen LogP contribution in [0.4, 0.5) is 0 Å². The van der Waals surface area contributed by atoms with Crippen molar-refractivity contribution in [2.75, 3.05) is 21.3 Å². The SMILES string of the molecule is COc1c(C(=O)/C=C/c2ccc(C)cc2OCc2ccccc2)ccc(C)c1C.COc1ccc(/C=C/C(=O)c2ccc(C)cc2OCc2ccccc2)c(OC)c1C. The van der Waals surface area contributed by atoms with E-state index in [9.17, 15) is 9.59 Å². The summed E-state index contributed by atoms with van der Waals surface area (Å²) in [6.07, 6.45) is 6.68. The van der Waals surface area contributed by atoms with Crippen LogP contribution in [0, 0.1) is 34.6 Å². The fourth-order valence-electron chi connectivity index (χ4n) is 6.40. The van der Waals surface area contributed by atoms with Gasteiger partial charge in [0.2, 0.25) is 0 Å². The maximum absolute atomic E-state index is 12.9. The molecule has 0 radical (unpaired) electrons. The minimum absolute atomic E-state index is 0.0977. The van der Waals surface area contributed by atoms with Crippen LogP contribution < -0.4 is 23.7 Å². The summed E-state index contributed by atoms with van der Waals surface area (Å²) >= 11 is 0. The number of ketones is 2. The summed E-state index contributed by atoms with van der Waals surface area (Å²) in [5.74, 6) is 3.15. The van der Waals surface area contributed by atoms with Gasteiger partial charge >= 0.3 is 0 Å². The minimum Gasteiger partial charge on any atom is -0.496 e. The van der Waals surface area contributed by atoms with Crippen molar-refractivity contribution in [2.45, 2.75) is 47.8 Å². The van der Waals surface area contributed by atoms with Crippen LogP contribution >= 0.6 is 0 Å². The number of allylic oxidation sites excluding steroid dienone is 2. The van der Waals surface area contributed by atoms with Crippen molar-refractivity contribution in [3.8, 4) is 28.7 Å². The van der Waals surface area contributed by atoms with E-state index in [1.807, 2.05) is 150 Å². The van der Waals surface area contributed by atoms with E-state index in [0.29, 0.717) is 41.6 Å². The van der Waals surface area contributed by atoms with Crippen LogP contribution in [-0.2, 0) is 13.2 Å². The average Bonchev–Trinajstić information content (AvgIpc) is 3.25. The molecule has 0 aromatic heterocycles. The van der Waals surface area contributed by atoms with Gasteiger partial charge in [0.1, 0.15) is 42.0 Å². The summed E-state index contributed by atoms with van der Waals surface area (Å²) in [5, 5.41) is 0. The Balaban J connectivity index is 0.000000224. The zero-order chi connectivity index (χ0) is 42.3. The van der Waals surface area contributed by atoms with E-state index < -0.39 is 0 Å². The number of aryl methyl sites for hydroxylation is 3. The lowest BCUT2D eigenvalue weighted by Gasteiger charge is -2.13. The Morgan fingerprint density at radius 1 is 0.475 bits per heavy atom. The lowest BCUT2D eigenvalue weighted by atomic mass is 10.0. The van der Waals surface area contributed by atoms with Gasteiger partial charge < -0.3 is 23.7 Å². The first-order valence-corrected chi connectivity index (χ1v) is 19.4. The predicted molar refractivity (Wildman–Crippen MR) is 237 cm³/mol. The molecule has 0 amide bonds. The molecular formula is C52H52O7. The van der Waals surface area contributed by atoms with E-state index in [-0.39, 0.29) is 11.6 Å². The van der Waals surface area contributed by atoms with Gasteiger partial charge in [0, 0.05) is 16.7 Å². The summed E-state index contributed by atoms with van der Waals surface area (Å²) in [5.41, 5.74) is 10.0. The normalized spacial score (nSPS) is 10.8. The van der Waals surface area contributed by atoms with Crippen molar-refractivity contribution >= 4 is 23.7 Å². The fraction of sp³-hybridized carbons (Fsp3) is 0.192. The highest BCUT2D eigenvalue weighted by atomic mass is 16.5. The quantitative estimate of drug-likeness (QED) is 0.0757. The molecule has 0 saturated carbocycles. The molecule has 0 aliphatic heterocycles. The van der Waals surface area contributed by atoms with Gasteiger partial charge in [-0.1, -0.05) is 84.9 Å². The van der Waals surface area contributed by atoms with Gasteiger partial charge in [-0.3, -0.25) is 9.59 Å². The molecule has 0 aliphatic carbocycles. The molecule has 0 aliphatic rings. The topological polar surface area (TPSA) is 80.3 Å². The summed E-state index contributed by atoms with van der Waals surface area (Å²) < 4.78 is 28.3. The molecule has 0 bridgehead atoms. The van der Waals surface area contributed by atoms with Crippen LogP contribution in [0.15, 0.2) is 133 Å². The van der Waals surface area contributed by atoms with Crippen LogP contribution in [0.1, 0.15) is 70.8 Å². The number of methoxy groups -OCH3 is 3. The summed E-state index contributed by atoms with van der Waals surface area (Å²) in [4.78, 5) is 25.7. The third-order valence-electron chi connectivity index (χ3n) is 9.83. The molecule has 0 saturated heterocycles.